The largest absolute Gasteiger partial charge is 0.477 e. The van der Waals surface area contributed by atoms with Gasteiger partial charge in [-0.15, -0.1) is 10.2 Å². The molecule has 1 aromatic rings. The van der Waals surface area contributed by atoms with Crippen molar-refractivity contribution >= 4 is 5.97 Å². The van der Waals surface area contributed by atoms with Crippen LogP contribution in [-0.4, -0.2) is 42.5 Å². The smallest absolute Gasteiger partial charge is 0.358 e. The lowest BCUT2D eigenvalue weighted by Gasteiger charge is -2.08. The summed E-state index contributed by atoms with van der Waals surface area (Å²) in [5.41, 5.74) is 0.173. The van der Waals surface area contributed by atoms with E-state index in [4.69, 9.17) is 4.74 Å². The van der Waals surface area contributed by atoms with Crippen LogP contribution in [0, 0.1) is 0 Å². The van der Waals surface area contributed by atoms with Gasteiger partial charge < -0.3 is 14.8 Å². The molecule has 100 valence electrons. The summed E-state index contributed by atoms with van der Waals surface area (Å²) in [6.07, 6.45) is 0.888. The Morgan fingerprint density at radius 3 is 2.72 bits per heavy atom. The zero-order valence-corrected chi connectivity index (χ0v) is 11.0. The van der Waals surface area contributed by atoms with Crippen molar-refractivity contribution in [1.29, 1.82) is 0 Å². The van der Waals surface area contributed by atoms with Gasteiger partial charge in [0.1, 0.15) is 0 Å². The molecule has 18 heavy (non-hydrogen) atoms. The second kappa shape index (κ2) is 7.60. The van der Waals surface area contributed by atoms with Gasteiger partial charge in [-0.1, -0.05) is 13.8 Å². The second-order valence-electron chi connectivity index (χ2n) is 4.06. The van der Waals surface area contributed by atoms with Gasteiger partial charge in [-0.25, -0.2) is 4.79 Å². The number of carbonyl (C=O) groups excluding carboxylic acids is 1. The molecule has 1 N–H and O–H groups in total. The minimum atomic E-state index is -0.504. The van der Waals surface area contributed by atoms with Crippen LogP contribution in [0.5, 0.6) is 5.88 Å². The van der Waals surface area contributed by atoms with Gasteiger partial charge in [-0.3, -0.25) is 0 Å². The number of methoxy groups -OCH3 is 1. The third kappa shape index (κ3) is 5.09. The summed E-state index contributed by atoms with van der Waals surface area (Å²) >= 11 is 0. The van der Waals surface area contributed by atoms with Gasteiger partial charge in [-0.2, -0.15) is 0 Å². The fourth-order valence-electron chi connectivity index (χ4n) is 1.25. The Kier molecular flexibility index (Phi) is 6.07. The Bertz CT molecular complexity index is 365. The van der Waals surface area contributed by atoms with E-state index in [1.165, 1.54) is 13.2 Å². The Labute approximate surface area is 107 Å². The quantitative estimate of drug-likeness (QED) is 0.578. The number of aromatic nitrogens is 2. The van der Waals surface area contributed by atoms with Crippen molar-refractivity contribution in [2.45, 2.75) is 26.3 Å². The van der Waals surface area contributed by atoms with Crippen molar-refractivity contribution in [2.75, 3.05) is 20.3 Å². The molecule has 0 aromatic carbocycles. The van der Waals surface area contributed by atoms with E-state index in [1.807, 2.05) is 0 Å². The summed E-state index contributed by atoms with van der Waals surface area (Å²) < 4.78 is 9.91. The maximum Gasteiger partial charge on any atom is 0.358 e. The molecule has 6 nitrogen and oxygen atoms in total. The zero-order valence-electron chi connectivity index (χ0n) is 11.0. The first-order valence-electron chi connectivity index (χ1n) is 5.91. The van der Waals surface area contributed by atoms with Gasteiger partial charge in [0.25, 0.3) is 0 Å². The third-order valence-electron chi connectivity index (χ3n) is 2.16. The number of ether oxygens (including phenoxy) is 2. The highest BCUT2D eigenvalue weighted by atomic mass is 16.5. The van der Waals surface area contributed by atoms with E-state index in [1.54, 1.807) is 6.07 Å². The van der Waals surface area contributed by atoms with Crippen LogP contribution in [0.1, 0.15) is 30.8 Å². The molecule has 0 amide bonds. The van der Waals surface area contributed by atoms with Gasteiger partial charge in [-0.05, 0) is 19.0 Å². The van der Waals surface area contributed by atoms with Gasteiger partial charge in [0.2, 0.25) is 5.88 Å². The predicted octanol–water partition coefficient (Wildman–Crippen LogP) is 1.03. The molecule has 1 rings (SSSR count). The molecule has 0 saturated carbocycles. The molecule has 6 heteroatoms. The molecule has 0 aliphatic rings. The van der Waals surface area contributed by atoms with Crippen LogP contribution >= 0.6 is 0 Å². The predicted molar refractivity (Wildman–Crippen MR) is 66.6 cm³/mol. The maximum absolute atomic E-state index is 11.1. The zero-order chi connectivity index (χ0) is 13.4. The van der Waals surface area contributed by atoms with Crippen LogP contribution in [0.4, 0.5) is 0 Å². The maximum atomic E-state index is 11.1. The van der Waals surface area contributed by atoms with E-state index >= 15 is 0 Å². The number of esters is 1. The van der Waals surface area contributed by atoms with Crippen LogP contribution in [0.15, 0.2) is 12.1 Å². The Morgan fingerprint density at radius 2 is 2.17 bits per heavy atom. The van der Waals surface area contributed by atoms with Gasteiger partial charge in [0.15, 0.2) is 5.69 Å². The van der Waals surface area contributed by atoms with Crippen molar-refractivity contribution in [2.24, 2.45) is 0 Å². The van der Waals surface area contributed by atoms with Gasteiger partial charge in [0.05, 0.1) is 13.7 Å². The molecular weight excluding hydrogens is 234 g/mol. The molecule has 0 radical (unpaired) electrons. The highest BCUT2D eigenvalue weighted by Crippen LogP contribution is 2.05. The molecule has 0 bridgehead atoms. The molecule has 0 fully saturated rings. The number of nitrogens with one attached hydrogen (secondary N) is 1. The number of hydrogen-bond acceptors (Lipinski definition) is 6. The molecule has 1 aromatic heterocycles. The Balaban J connectivity index is 2.29. The third-order valence-corrected chi connectivity index (χ3v) is 2.16. The first kappa shape index (κ1) is 14.4. The standard InChI is InChI=1S/C12H19N3O3/c1-9(2)13-7-4-8-18-11-6-5-10(14-15-11)12(16)17-3/h5-6,9,13H,4,7-8H2,1-3H3. The first-order valence-corrected chi connectivity index (χ1v) is 5.91. The Morgan fingerprint density at radius 1 is 1.39 bits per heavy atom. The van der Waals surface area contributed by atoms with E-state index in [0.717, 1.165) is 13.0 Å². The molecule has 0 saturated heterocycles. The van der Waals surface area contributed by atoms with Crippen molar-refractivity contribution in [3.8, 4) is 5.88 Å². The highest BCUT2D eigenvalue weighted by molar-refractivity contribution is 5.86. The van der Waals surface area contributed by atoms with Crippen LogP contribution in [0.2, 0.25) is 0 Å². The minimum absolute atomic E-state index is 0.173. The van der Waals surface area contributed by atoms with Crippen LogP contribution in [0.3, 0.4) is 0 Å². The molecule has 0 unspecified atom stereocenters. The number of hydrogen-bond donors (Lipinski definition) is 1. The summed E-state index contributed by atoms with van der Waals surface area (Å²) in [4.78, 5) is 11.1. The monoisotopic (exact) mass is 253 g/mol. The average molecular weight is 253 g/mol. The van der Waals surface area contributed by atoms with E-state index in [9.17, 15) is 4.79 Å². The minimum Gasteiger partial charge on any atom is -0.477 e. The van der Waals surface area contributed by atoms with Crippen LogP contribution < -0.4 is 10.1 Å². The topological polar surface area (TPSA) is 73.3 Å². The normalized spacial score (nSPS) is 10.4. The van der Waals surface area contributed by atoms with Crippen LogP contribution in [-0.2, 0) is 4.74 Å². The Hall–Kier alpha value is -1.69. The van der Waals surface area contributed by atoms with E-state index in [0.29, 0.717) is 18.5 Å². The molecule has 0 aliphatic heterocycles. The number of rotatable bonds is 7. The van der Waals surface area contributed by atoms with E-state index in [-0.39, 0.29) is 5.69 Å². The summed E-state index contributed by atoms with van der Waals surface area (Å²) in [6.45, 7) is 5.65. The number of carbonyl (C=O) groups is 1. The molecule has 0 atom stereocenters. The molecule has 0 aliphatic carbocycles. The van der Waals surface area contributed by atoms with Crippen molar-refractivity contribution in [1.82, 2.24) is 15.5 Å². The van der Waals surface area contributed by atoms with Gasteiger partial charge in [0, 0.05) is 12.1 Å². The molecule has 0 spiro atoms. The first-order chi connectivity index (χ1) is 8.63. The fraction of sp³-hybridized carbons (Fsp3) is 0.583. The molecular formula is C12H19N3O3. The highest BCUT2D eigenvalue weighted by Gasteiger charge is 2.07. The second-order valence-corrected chi connectivity index (χ2v) is 4.06. The van der Waals surface area contributed by atoms with Crippen molar-refractivity contribution in [3.63, 3.8) is 0 Å². The van der Waals surface area contributed by atoms with E-state index in [2.05, 4.69) is 34.1 Å². The van der Waals surface area contributed by atoms with Crippen molar-refractivity contribution in [3.05, 3.63) is 17.8 Å². The lowest BCUT2D eigenvalue weighted by Crippen LogP contribution is -2.24. The summed E-state index contributed by atoms with van der Waals surface area (Å²) in [5, 5.41) is 10.8. The van der Waals surface area contributed by atoms with E-state index < -0.39 is 5.97 Å². The lowest BCUT2D eigenvalue weighted by atomic mass is 10.3. The molecule has 1 heterocycles. The lowest BCUT2D eigenvalue weighted by molar-refractivity contribution is 0.0592. The van der Waals surface area contributed by atoms with Crippen LogP contribution in [0.25, 0.3) is 0 Å². The summed E-state index contributed by atoms with van der Waals surface area (Å²) in [6, 6.07) is 3.61. The SMILES string of the molecule is COC(=O)c1ccc(OCCCNC(C)C)nn1. The van der Waals surface area contributed by atoms with Gasteiger partial charge >= 0.3 is 5.97 Å². The van der Waals surface area contributed by atoms with Crippen molar-refractivity contribution < 1.29 is 14.3 Å². The summed E-state index contributed by atoms with van der Waals surface area (Å²) in [5.74, 6) is -0.0950. The average Bonchev–Trinajstić information content (AvgIpc) is 2.38. The number of nitrogens with zero attached hydrogens (tertiary/aromatic N) is 2. The summed E-state index contributed by atoms with van der Waals surface area (Å²) in [7, 11) is 1.30. The fourth-order valence-corrected chi connectivity index (χ4v) is 1.25.